The van der Waals surface area contributed by atoms with E-state index >= 15 is 0 Å². The van der Waals surface area contributed by atoms with E-state index < -0.39 is 0 Å². The van der Waals surface area contributed by atoms with Crippen molar-refractivity contribution in [3.8, 4) is 0 Å². The molecule has 1 heterocycles. The van der Waals surface area contributed by atoms with E-state index in [-0.39, 0.29) is 0 Å². The van der Waals surface area contributed by atoms with Gasteiger partial charge in [0.15, 0.2) is 7.98 Å². The fraction of sp³-hybridized carbons (Fsp3) is 1.00. The minimum Gasteiger partial charge on any atom is -0.396 e. The molecular formula is C10H20BNO. The Hall–Kier alpha value is -0.0151. The molecule has 1 N–H and O–H groups in total. The van der Waals surface area contributed by atoms with Crippen LogP contribution in [-0.4, -0.2) is 37.6 Å². The Morgan fingerprint density at radius 1 is 1.31 bits per heavy atom. The van der Waals surface area contributed by atoms with E-state index in [1.54, 1.807) is 0 Å². The quantitative estimate of drug-likeness (QED) is 0.631. The molecule has 0 aromatic rings. The summed E-state index contributed by atoms with van der Waals surface area (Å²) in [6.07, 6.45) is 5.23. The van der Waals surface area contributed by atoms with Gasteiger partial charge in [-0.2, -0.15) is 0 Å². The van der Waals surface area contributed by atoms with Gasteiger partial charge in [0.1, 0.15) is 0 Å². The van der Waals surface area contributed by atoms with Gasteiger partial charge in [-0.25, -0.2) is 0 Å². The van der Waals surface area contributed by atoms with Gasteiger partial charge in [-0.1, -0.05) is 0 Å². The van der Waals surface area contributed by atoms with E-state index in [2.05, 4.69) is 12.8 Å². The van der Waals surface area contributed by atoms with Crippen LogP contribution < -0.4 is 0 Å². The van der Waals surface area contributed by atoms with Crippen molar-refractivity contribution >= 4 is 7.98 Å². The van der Waals surface area contributed by atoms with Gasteiger partial charge in [0.2, 0.25) is 0 Å². The Labute approximate surface area is 81.7 Å². The Balaban J connectivity index is 1.71. The van der Waals surface area contributed by atoms with E-state index in [4.69, 9.17) is 5.11 Å². The van der Waals surface area contributed by atoms with Crippen molar-refractivity contribution in [1.82, 2.24) is 4.81 Å². The van der Waals surface area contributed by atoms with Crippen LogP contribution in [-0.2, 0) is 0 Å². The van der Waals surface area contributed by atoms with E-state index in [0.717, 1.165) is 24.2 Å². The SMILES string of the molecule is BN1CCC([C@H]2C[C@H]2CCO)CC1. The van der Waals surface area contributed by atoms with Crippen LogP contribution in [0.5, 0.6) is 0 Å². The molecular weight excluding hydrogens is 161 g/mol. The molecule has 3 heteroatoms. The van der Waals surface area contributed by atoms with Gasteiger partial charge in [0.05, 0.1) is 0 Å². The second kappa shape index (κ2) is 4.01. The molecule has 0 radical (unpaired) electrons. The Bertz CT molecular complexity index is 168. The summed E-state index contributed by atoms with van der Waals surface area (Å²) in [6.45, 7) is 2.97. The Morgan fingerprint density at radius 2 is 2.00 bits per heavy atom. The van der Waals surface area contributed by atoms with Crippen LogP contribution in [0.1, 0.15) is 25.7 Å². The van der Waals surface area contributed by atoms with Crippen LogP contribution in [0.4, 0.5) is 0 Å². The van der Waals surface area contributed by atoms with E-state index in [1.165, 1.54) is 32.4 Å². The van der Waals surface area contributed by atoms with E-state index in [0.29, 0.717) is 6.61 Å². The molecule has 0 spiro atoms. The fourth-order valence-electron chi connectivity index (χ4n) is 2.80. The van der Waals surface area contributed by atoms with Gasteiger partial charge >= 0.3 is 0 Å². The van der Waals surface area contributed by atoms with Crippen molar-refractivity contribution < 1.29 is 5.11 Å². The lowest BCUT2D eigenvalue weighted by Gasteiger charge is -2.29. The van der Waals surface area contributed by atoms with Crippen LogP contribution >= 0.6 is 0 Å². The maximum absolute atomic E-state index is 8.83. The number of hydrogen-bond acceptors (Lipinski definition) is 2. The molecule has 1 aliphatic heterocycles. The first-order valence-corrected chi connectivity index (χ1v) is 5.60. The van der Waals surface area contributed by atoms with Gasteiger partial charge < -0.3 is 9.92 Å². The highest BCUT2D eigenvalue weighted by atomic mass is 16.3. The number of aliphatic hydroxyl groups is 1. The van der Waals surface area contributed by atoms with Gasteiger partial charge in [0, 0.05) is 6.61 Å². The zero-order chi connectivity index (χ0) is 9.26. The van der Waals surface area contributed by atoms with Gasteiger partial charge in [-0.05, 0) is 56.5 Å². The summed E-state index contributed by atoms with van der Waals surface area (Å²) in [5.41, 5.74) is 0. The predicted octanol–water partition coefficient (Wildman–Crippen LogP) is 0.265. The summed E-state index contributed by atoms with van der Waals surface area (Å²) < 4.78 is 0. The molecule has 1 saturated carbocycles. The van der Waals surface area contributed by atoms with Crippen LogP contribution in [0.15, 0.2) is 0 Å². The first-order chi connectivity index (χ1) is 6.31. The van der Waals surface area contributed by atoms with Gasteiger partial charge in [-0.15, -0.1) is 0 Å². The Kier molecular flexibility index (Phi) is 2.94. The lowest BCUT2D eigenvalue weighted by Crippen LogP contribution is -2.32. The average Bonchev–Trinajstić information content (AvgIpc) is 2.86. The lowest BCUT2D eigenvalue weighted by molar-refractivity contribution is 0.237. The lowest BCUT2D eigenvalue weighted by atomic mass is 9.89. The maximum Gasteiger partial charge on any atom is 0.185 e. The van der Waals surface area contributed by atoms with Crippen molar-refractivity contribution in [2.24, 2.45) is 17.8 Å². The molecule has 2 atom stereocenters. The van der Waals surface area contributed by atoms with Crippen LogP contribution in [0.2, 0.25) is 0 Å². The number of rotatable bonds is 3. The molecule has 13 heavy (non-hydrogen) atoms. The molecule has 0 amide bonds. The number of nitrogens with zero attached hydrogens (tertiary/aromatic N) is 1. The highest BCUT2D eigenvalue weighted by Gasteiger charge is 2.42. The summed E-state index contributed by atoms with van der Waals surface area (Å²) in [5, 5.41) is 8.83. The van der Waals surface area contributed by atoms with E-state index in [1.807, 2.05) is 0 Å². The maximum atomic E-state index is 8.83. The molecule has 2 fully saturated rings. The summed E-state index contributed by atoms with van der Waals surface area (Å²) in [5.74, 6) is 2.83. The molecule has 0 aromatic carbocycles. The average molecular weight is 181 g/mol. The molecule has 2 rings (SSSR count). The molecule has 1 saturated heterocycles. The predicted molar refractivity (Wildman–Crippen MR) is 56.1 cm³/mol. The third kappa shape index (κ3) is 2.26. The topological polar surface area (TPSA) is 23.5 Å². The summed E-state index contributed by atoms with van der Waals surface area (Å²) >= 11 is 0. The molecule has 0 unspecified atom stereocenters. The standard InChI is InChI=1S/C10H20BNO/c11-12-4-1-8(2-5-12)10-7-9(10)3-6-13/h8-10,13H,1-7,11H2/t9-,10-/m1/s1. The highest BCUT2D eigenvalue weighted by molar-refractivity contribution is 6.04. The Morgan fingerprint density at radius 3 is 2.62 bits per heavy atom. The first kappa shape index (κ1) is 9.54. The second-order valence-electron chi connectivity index (χ2n) is 4.81. The first-order valence-electron chi connectivity index (χ1n) is 5.60. The molecule has 1 aliphatic carbocycles. The minimum absolute atomic E-state index is 0.397. The monoisotopic (exact) mass is 181 g/mol. The third-order valence-electron chi connectivity index (χ3n) is 3.85. The zero-order valence-electron chi connectivity index (χ0n) is 8.58. The van der Waals surface area contributed by atoms with Gasteiger partial charge in [0.25, 0.3) is 0 Å². The molecule has 2 nitrogen and oxygen atoms in total. The summed E-state index contributed by atoms with van der Waals surface area (Å²) in [6, 6.07) is 0. The summed E-state index contributed by atoms with van der Waals surface area (Å²) in [7, 11) is 2.22. The highest BCUT2D eigenvalue weighted by Crippen LogP contribution is 2.49. The number of piperidine rings is 1. The van der Waals surface area contributed by atoms with Gasteiger partial charge in [-0.3, -0.25) is 0 Å². The minimum atomic E-state index is 0.397. The van der Waals surface area contributed by atoms with Crippen molar-refractivity contribution in [1.29, 1.82) is 0 Å². The molecule has 0 aromatic heterocycles. The van der Waals surface area contributed by atoms with Crippen molar-refractivity contribution in [2.45, 2.75) is 25.7 Å². The van der Waals surface area contributed by atoms with Crippen LogP contribution in [0, 0.1) is 17.8 Å². The summed E-state index contributed by atoms with van der Waals surface area (Å²) in [4.78, 5) is 2.43. The van der Waals surface area contributed by atoms with Crippen LogP contribution in [0.25, 0.3) is 0 Å². The molecule has 0 bridgehead atoms. The van der Waals surface area contributed by atoms with Crippen molar-refractivity contribution in [3.63, 3.8) is 0 Å². The fourth-order valence-corrected chi connectivity index (χ4v) is 2.80. The number of aliphatic hydroxyl groups excluding tert-OH is 1. The second-order valence-corrected chi connectivity index (χ2v) is 4.81. The number of hydrogen-bond donors (Lipinski definition) is 1. The van der Waals surface area contributed by atoms with Crippen molar-refractivity contribution in [2.75, 3.05) is 19.7 Å². The zero-order valence-corrected chi connectivity index (χ0v) is 8.58. The molecule has 74 valence electrons. The smallest absolute Gasteiger partial charge is 0.185 e. The largest absolute Gasteiger partial charge is 0.396 e. The third-order valence-corrected chi connectivity index (χ3v) is 3.85. The van der Waals surface area contributed by atoms with Crippen LogP contribution in [0.3, 0.4) is 0 Å². The normalized spacial score (nSPS) is 36.4. The van der Waals surface area contributed by atoms with Crippen molar-refractivity contribution in [3.05, 3.63) is 0 Å². The van der Waals surface area contributed by atoms with E-state index in [9.17, 15) is 0 Å². The molecule has 2 aliphatic rings.